The van der Waals surface area contributed by atoms with Crippen LogP contribution in [0.4, 0.5) is 0 Å². The number of aliphatic hydroxyl groups is 1. The van der Waals surface area contributed by atoms with Gasteiger partial charge < -0.3 is 19.5 Å². The molecule has 0 aromatic carbocycles. The van der Waals surface area contributed by atoms with Gasteiger partial charge in [-0.2, -0.15) is 0 Å². The maximum absolute atomic E-state index is 12.4. The van der Waals surface area contributed by atoms with E-state index in [4.69, 9.17) is 9.47 Å². The first-order valence-electron chi connectivity index (χ1n) is 9.85. The van der Waals surface area contributed by atoms with Gasteiger partial charge in [-0.1, -0.05) is 0 Å². The van der Waals surface area contributed by atoms with Crippen LogP contribution < -0.4 is 4.90 Å². The van der Waals surface area contributed by atoms with E-state index in [1.807, 2.05) is 0 Å². The number of nitrogens with one attached hydrogen (secondary N) is 1. The SMILES string of the molecule is O=C(CC12CC3CC(CC(C3)C1)C2)OC[C@@H](O)C[NH+]1CCOCC1. The Labute approximate surface area is 144 Å². The van der Waals surface area contributed by atoms with E-state index in [1.54, 1.807) is 0 Å². The summed E-state index contributed by atoms with van der Waals surface area (Å²) in [5.41, 5.74) is 0.228. The van der Waals surface area contributed by atoms with Gasteiger partial charge in [0.15, 0.2) is 0 Å². The molecule has 0 radical (unpaired) electrons. The van der Waals surface area contributed by atoms with Crippen LogP contribution in [0.25, 0.3) is 0 Å². The molecular weight excluding hydrogens is 306 g/mol. The maximum atomic E-state index is 12.4. The van der Waals surface area contributed by atoms with E-state index in [-0.39, 0.29) is 18.0 Å². The van der Waals surface area contributed by atoms with E-state index in [0.29, 0.717) is 13.0 Å². The fourth-order valence-corrected chi connectivity index (χ4v) is 6.31. The molecule has 24 heavy (non-hydrogen) atoms. The van der Waals surface area contributed by atoms with Crippen molar-refractivity contribution < 1.29 is 24.3 Å². The highest BCUT2D eigenvalue weighted by Crippen LogP contribution is 2.61. The summed E-state index contributed by atoms with van der Waals surface area (Å²) < 4.78 is 10.8. The van der Waals surface area contributed by atoms with Gasteiger partial charge in [-0.25, -0.2) is 0 Å². The average molecular weight is 338 g/mol. The van der Waals surface area contributed by atoms with E-state index >= 15 is 0 Å². The number of ether oxygens (including phenoxy) is 2. The van der Waals surface area contributed by atoms with Crippen LogP contribution in [0, 0.1) is 23.2 Å². The second-order valence-electron chi connectivity index (χ2n) is 9.00. The Morgan fingerprint density at radius 1 is 1.12 bits per heavy atom. The molecule has 4 bridgehead atoms. The second-order valence-corrected chi connectivity index (χ2v) is 9.00. The Morgan fingerprint density at radius 3 is 2.29 bits per heavy atom. The quantitative estimate of drug-likeness (QED) is 0.689. The first-order valence-corrected chi connectivity index (χ1v) is 9.85. The monoisotopic (exact) mass is 338 g/mol. The molecule has 5 aliphatic rings. The molecule has 5 fully saturated rings. The van der Waals surface area contributed by atoms with Crippen molar-refractivity contribution in [3.63, 3.8) is 0 Å². The lowest BCUT2D eigenvalue weighted by molar-refractivity contribution is -0.911. The van der Waals surface area contributed by atoms with Crippen LogP contribution in [0.5, 0.6) is 0 Å². The van der Waals surface area contributed by atoms with Crippen molar-refractivity contribution in [3.05, 3.63) is 0 Å². The van der Waals surface area contributed by atoms with Crippen LogP contribution in [0.15, 0.2) is 0 Å². The molecular formula is C19H32NO4+. The van der Waals surface area contributed by atoms with Gasteiger partial charge in [-0.05, 0) is 61.7 Å². The Hall–Kier alpha value is -0.650. The summed E-state index contributed by atoms with van der Waals surface area (Å²) in [5, 5.41) is 10.1. The zero-order valence-electron chi connectivity index (χ0n) is 14.7. The number of carbonyl (C=O) groups excluding carboxylic acids is 1. The molecule has 1 saturated heterocycles. The molecule has 1 atom stereocenters. The molecule has 4 aliphatic carbocycles. The Morgan fingerprint density at radius 2 is 1.71 bits per heavy atom. The number of quaternary nitrogens is 1. The summed E-state index contributed by atoms with van der Waals surface area (Å²) in [6.45, 7) is 4.17. The van der Waals surface area contributed by atoms with Crippen LogP contribution in [0.1, 0.15) is 44.9 Å². The molecule has 5 rings (SSSR count). The zero-order valence-corrected chi connectivity index (χ0v) is 14.7. The number of hydrogen-bond donors (Lipinski definition) is 2. The first-order chi connectivity index (χ1) is 11.6. The van der Waals surface area contributed by atoms with Gasteiger partial charge in [-0.15, -0.1) is 0 Å². The summed E-state index contributed by atoms with van der Waals surface area (Å²) in [6.07, 6.45) is 7.91. The van der Waals surface area contributed by atoms with Crippen LogP contribution in [-0.4, -0.2) is 56.6 Å². The number of hydrogen-bond acceptors (Lipinski definition) is 4. The lowest BCUT2D eigenvalue weighted by Crippen LogP contribution is -3.15. The number of aliphatic hydroxyl groups excluding tert-OH is 1. The van der Waals surface area contributed by atoms with Gasteiger partial charge in [0.2, 0.25) is 0 Å². The van der Waals surface area contributed by atoms with Crippen LogP contribution in [0.2, 0.25) is 0 Å². The highest BCUT2D eigenvalue weighted by Gasteiger charge is 2.51. The van der Waals surface area contributed by atoms with Crippen molar-refractivity contribution in [1.82, 2.24) is 0 Å². The number of carbonyl (C=O) groups is 1. The summed E-state index contributed by atoms with van der Waals surface area (Å²) in [6, 6.07) is 0. The fourth-order valence-electron chi connectivity index (χ4n) is 6.31. The number of esters is 1. The molecule has 2 N–H and O–H groups in total. The molecule has 1 aliphatic heterocycles. The van der Waals surface area contributed by atoms with Gasteiger partial charge in [0.25, 0.3) is 0 Å². The third kappa shape index (κ3) is 3.78. The van der Waals surface area contributed by atoms with Crippen LogP contribution in [0.3, 0.4) is 0 Å². The summed E-state index contributed by atoms with van der Waals surface area (Å²) in [7, 11) is 0. The lowest BCUT2D eigenvalue weighted by atomic mass is 9.49. The normalized spacial score (nSPS) is 39.8. The lowest BCUT2D eigenvalue weighted by Gasteiger charge is -2.56. The van der Waals surface area contributed by atoms with Crippen molar-refractivity contribution in [2.45, 2.75) is 51.0 Å². The van der Waals surface area contributed by atoms with E-state index < -0.39 is 6.10 Å². The minimum Gasteiger partial charge on any atom is -0.463 e. The average Bonchev–Trinajstić information content (AvgIpc) is 2.52. The predicted molar refractivity (Wildman–Crippen MR) is 88.6 cm³/mol. The molecule has 0 amide bonds. The van der Waals surface area contributed by atoms with Gasteiger partial charge in [0.05, 0.1) is 19.6 Å². The highest BCUT2D eigenvalue weighted by molar-refractivity contribution is 5.70. The van der Waals surface area contributed by atoms with E-state index in [1.165, 1.54) is 43.4 Å². The molecule has 0 spiro atoms. The van der Waals surface area contributed by atoms with Crippen molar-refractivity contribution in [3.8, 4) is 0 Å². The van der Waals surface area contributed by atoms with Gasteiger partial charge >= 0.3 is 5.97 Å². The Kier molecular flexibility index (Phi) is 4.85. The molecule has 1 heterocycles. The minimum atomic E-state index is -0.557. The van der Waals surface area contributed by atoms with E-state index in [9.17, 15) is 9.90 Å². The minimum absolute atomic E-state index is 0.0898. The summed E-state index contributed by atoms with van der Waals surface area (Å²) in [5.74, 6) is 2.49. The molecule has 4 saturated carbocycles. The van der Waals surface area contributed by atoms with Gasteiger partial charge in [-0.3, -0.25) is 4.79 Å². The van der Waals surface area contributed by atoms with Crippen molar-refractivity contribution in [2.24, 2.45) is 23.2 Å². The highest BCUT2D eigenvalue weighted by atomic mass is 16.5. The first kappa shape index (κ1) is 16.8. The van der Waals surface area contributed by atoms with Crippen LogP contribution in [-0.2, 0) is 14.3 Å². The third-order valence-corrected chi connectivity index (χ3v) is 6.85. The summed E-state index contributed by atoms with van der Waals surface area (Å²) >= 11 is 0. The van der Waals surface area contributed by atoms with Crippen molar-refractivity contribution in [2.75, 3.05) is 39.5 Å². The standard InChI is InChI=1S/C19H31NO4/c21-17(12-20-1-3-23-4-2-20)13-24-18(22)11-19-8-14-5-15(9-19)7-16(6-14)10-19/h14-17,21H,1-13H2/p+1/t14?,15?,16?,17-,19?/m0/s1. The van der Waals surface area contributed by atoms with E-state index in [0.717, 1.165) is 44.1 Å². The predicted octanol–water partition coefficient (Wildman–Crippen LogP) is 0.412. The maximum Gasteiger partial charge on any atom is 0.306 e. The van der Waals surface area contributed by atoms with Crippen molar-refractivity contribution >= 4 is 5.97 Å². The Bertz CT molecular complexity index is 425. The van der Waals surface area contributed by atoms with E-state index in [2.05, 4.69) is 0 Å². The largest absolute Gasteiger partial charge is 0.463 e. The van der Waals surface area contributed by atoms with Crippen LogP contribution >= 0.6 is 0 Å². The van der Waals surface area contributed by atoms with Crippen molar-refractivity contribution in [1.29, 1.82) is 0 Å². The summed E-state index contributed by atoms with van der Waals surface area (Å²) in [4.78, 5) is 13.7. The number of morpholine rings is 1. The Balaban J connectivity index is 1.22. The van der Waals surface area contributed by atoms with Gasteiger partial charge in [0, 0.05) is 0 Å². The zero-order chi connectivity index (χ0) is 16.6. The van der Waals surface area contributed by atoms with Gasteiger partial charge in [0.1, 0.15) is 32.3 Å². The fraction of sp³-hybridized carbons (Fsp3) is 0.947. The number of rotatable bonds is 6. The molecule has 0 unspecified atom stereocenters. The molecule has 5 heteroatoms. The second kappa shape index (κ2) is 6.93. The third-order valence-electron chi connectivity index (χ3n) is 6.85. The smallest absolute Gasteiger partial charge is 0.306 e. The molecule has 0 aromatic heterocycles. The molecule has 5 nitrogen and oxygen atoms in total. The molecule has 136 valence electrons. The molecule has 0 aromatic rings. The topological polar surface area (TPSA) is 60.2 Å².